The van der Waals surface area contributed by atoms with E-state index in [2.05, 4.69) is 9.97 Å². The van der Waals surface area contributed by atoms with Crippen molar-refractivity contribution in [3.8, 4) is 28.3 Å². The number of fused-ring (bicyclic) bond motifs is 1. The van der Waals surface area contributed by atoms with Crippen LogP contribution in [-0.2, 0) is 0 Å². The summed E-state index contributed by atoms with van der Waals surface area (Å²) in [4.78, 5) is 8.76. The maximum atomic E-state index is 5.86. The fraction of sp³-hybridized carbons (Fsp3) is 0.0526. The molecule has 0 aliphatic rings. The molecule has 0 saturated carbocycles. The first kappa shape index (κ1) is 13.5. The van der Waals surface area contributed by atoms with Gasteiger partial charge in [-0.25, -0.2) is 4.98 Å². The second-order valence-electron chi connectivity index (χ2n) is 5.18. The van der Waals surface area contributed by atoms with Gasteiger partial charge in [-0.05, 0) is 42.0 Å². The molecular weight excluding hydrogens is 288 g/mol. The summed E-state index contributed by atoms with van der Waals surface area (Å²) < 4.78 is 11.1. The molecule has 2 aromatic heterocycles. The Kier molecular flexibility index (Phi) is 3.27. The van der Waals surface area contributed by atoms with Crippen LogP contribution in [0.15, 0.2) is 71.4 Å². The number of aromatic nitrogens is 2. The molecule has 2 aromatic carbocycles. The Balaban J connectivity index is 1.79. The van der Waals surface area contributed by atoms with Gasteiger partial charge in [0.05, 0.1) is 7.11 Å². The van der Waals surface area contributed by atoms with Crippen molar-refractivity contribution in [1.82, 2.24) is 9.97 Å². The Labute approximate surface area is 133 Å². The van der Waals surface area contributed by atoms with E-state index in [-0.39, 0.29) is 0 Å². The van der Waals surface area contributed by atoms with Crippen LogP contribution < -0.4 is 4.74 Å². The Morgan fingerprint density at radius 3 is 2.65 bits per heavy atom. The van der Waals surface area contributed by atoms with E-state index in [9.17, 15) is 0 Å². The van der Waals surface area contributed by atoms with Crippen molar-refractivity contribution in [3.05, 3.63) is 67.0 Å². The third-order valence-corrected chi connectivity index (χ3v) is 3.70. The first-order valence-electron chi connectivity index (χ1n) is 7.29. The molecular formula is C19H14N2O2. The molecule has 0 aliphatic heterocycles. The van der Waals surface area contributed by atoms with Crippen molar-refractivity contribution in [3.63, 3.8) is 0 Å². The van der Waals surface area contributed by atoms with Crippen LogP contribution in [0.3, 0.4) is 0 Å². The van der Waals surface area contributed by atoms with Gasteiger partial charge in [0.25, 0.3) is 0 Å². The van der Waals surface area contributed by atoms with Crippen LogP contribution in [0.25, 0.3) is 33.7 Å². The van der Waals surface area contributed by atoms with Crippen molar-refractivity contribution < 1.29 is 9.15 Å². The Morgan fingerprint density at radius 2 is 1.83 bits per heavy atom. The number of hydrogen-bond acceptors (Lipinski definition) is 4. The number of rotatable bonds is 3. The van der Waals surface area contributed by atoms with Crippen LogP contribution in [-0.4, -0.2) is 17.1 Å². The number of methoxy groups -OCH3 is 1. The minimum Gasteiger partial charge on any atom is -0.497 e. The number of oxazole rings is 1. The molecule has 0 fully saturated rings. The highest BCUT2D eigenvalue weighted by Crippen LogP contribution is 2.29. The fourth-order valence-corrected chi connectivity index (χ4v) is 2.52. The second kappa shape index (κ2) is 5.57. The van der Waals surface area contributed by atoms with Crippen molar-refractivity contribution in [2.24, 2.45) is 0 Å². The lowest BCUT2D eigenvalue weighted by Crippen LogP contribution is -1.83. The van der Waals surface area contributed by atoms with E-state index in [0.717, 1.165) is 33.5 Å². The molecule has 0 saturated heterocycles. The van der Waals surface area contributed by atoms with E-state index in [0.29, 0.717) is 5.89 Å². The third kappa shape index (κ3) is 2.55. The molecule has 0 spiro atoms. The molecule has 0 N–H and O–H groups in total. The third-order valence-electron chi connectivity index (χ3n) is 3.70. The molecule has 112 valence electrons. The van der Waals surface area contributed by atoms with E-state index < -0.39 is 0 Å². The summed E-state index contributed by atoms with van der Waals surface area (Å²) in [5.74, 6) is 1.36. The van der Waals surface area contributed by atoms with Crippen LogP contribution in [0.2, 0.25) is 0 Å². The van der Waals surface area contributed by atoms with Gasteiger partial charge in [-0.2, -0.15) is 0 Å². The van der Waals surface area contributed by atoms with Crippen LogP contribution in [0.4, 0.5) is 0 Å². The zero-order chi connectivity index (χ0) is 15.6. The Hall–Kier alpha value is -3.14. The minimum atomic E-state index is 0.585. The van der Waals surface area contributed by atoms with Crippen LogP contribution in [0.5, 0.6) is 5.75 Å². The molecule has 0 aliphatic carbocycles. The normalized spacial score (nSPS) is 10.8. The number of ether oxygens (including phenoxy) is 1. The summed E-state index contributed by atoms with van der Waals surface area (Å²) in [6.45, 7) is 0. The standard InChI is InChI=1S/C19H14N2O2/c1-22-16-6-2-4-14(10-16)19-21-17-11-13(7-8-18(17)23-19)15-5-3-9-20-12-15/h2-12H,1H3. The van der Waals surface area contributed by atoms with Gasteiger partial charge < -0.3 is 9.15 Å². The molecule has 4 heteroatoms. The summed E-state index contributed by atoms with van der Waals surface area (Å²) in [5, 5.41) is 0. The topological polar surface area (TPSA) is 48.2 Å². The van der Waals surface area contributed by atoms with E-state index in [4.69, 9.17) is 9.15 Å². The maximum absolute atomic E-state index is 5.86. The predicted octanol–water partition coefficient (Wildman–Crippen LogP) is 4.57. The fourth-order valence-electron chi connectivity index (χ4n) is 2.52. The minimum absolute atomic E-state index is 0.585. The lowest BCUT2D eigenvalue weighted by molar-refractivity contribution is 0.415. The van der Waals surface area contributed by atoms with Gasteiger partial charge in [-0.3, -0.25) is 4.98 Å². The largest absolute Gasteiger partial charge is 0.497 e. The van der Waals surface area contributed by atoms with Crippen LogP contribution in [0.1, 0.15) is 0 Å². The zero-order valence-corrected chi connectivity index (χ0v) is 12.6. The van der Waals surface area contributed by atoms with Crippen molar-refractivity contribution in [2.75, 3.05) is 7.11 Å². The Bertz CT molecular complexity index is 961. The highest BCUT2D eigenvalue weighted by molar-refractivity contribution is 5.82. The van der Waals surface area contributed by atoms with Crippen molar-refractivity contribution in [2.45, 2.75) is 0 Å². The molecule has 4 rings (SSSR count). The number of benzene rings is 2. The van der Waals surface area contributed by atoms with Gasteiger partial charge in [0.1, 0.15) is 11.3 Å². The van der Waals surface area contributed by atoms with Crippen molar-refractivity contribution in [1.29, 1.82) is 0 Å². The van der Waals surface area contributed by atoms with Crippen LogP contribution in [0, 0.1) is 0 Å². The SMILES string of the molecule is COc1cccc(-c2nc3cc(-c4cccnc4)ccc3o2)c1. The van der Waals surface area contributed by atoms with Gasteiger partial charge in [0.2, 0.25) is 5.89 Å². The number of nitrogens with zero attached hydrogens (tertiary/aromatic N) is 2. The summed E-state index contributed by atoms with van der Waals surface area (Å²) in [7, 11) is 1.64. The highest BCUT2D eigenvalue weighted by Gasteiger charge is 2.10. The molecule has 23 heavy (non-hydrogen) atoms. The lowest BCUT2D eigenvalue weighted by Gasteiger charge is -2.00. The monoisotopic (exact) mass is 302 g/mol. The van der Waals surface area contributed by atoms with Crippen molar-refractivity contribution >= 4 is 11.1 Å². The predicted molar refractivity (Wildman–Crippen MR) is 89.2 cm³/mol. The van der Waals surface area contributed by atoms with Gasteiger partial charge in [0.15, 0.2) is 5.58 Å². The summed E-state index contributed by atoms with van der Waals surface area (Å²) in [5.41, 5.74) is 4.60. The molecule has 0 atom stereocenters. The molecule has 0 bridgehead atoms. The van der Waals surface area contributed by atoms with Gasteiger partial charge in [-0.1, -0.05) is 18.2 Å². The molecule has 4 nitrogen and oxygen atoms in total. The summed E-state index contributed by atoms with van der Waals surface area (Å²) in [6, 6.07) is 17.6. The van der Waals surface area contributed by atoms with Gasteiger partial charge in [-0.15, -0.1) is 0 Å². The zero-order valence-electron chi connectivity index (χ0n) is 12.6. The summed E-state index contributed by atoms with van der Waals surface area (Å²) in [6.07, 6.45) is 3.60. The maximum Gasteiger partial charge on any atom is 0.227 e. The van der Waals surface area contributed by atoms with E-state index >= 15 is 0 Å². The van der Waals surface area contributed by atoms with Crippen LogP contribution >= 0.6 is 0 Å². The molecule has 4 aromatic rings. The first-order chi connectivity index (χ1) is 11.3. The second-order valence-corrected chi connectivity index (χ2v) is 5.18. The first-order valence-corrected chi connectivity index (χ1v) is 7.29. The molecule has 0 amide bonds. The average molecular weight is 302 g/mol. The average Bonchev–Trinajstić information content (AvgIpc) is 3.06. The smallest absolute Gasteiger partial charge is 0.227 e. The number of pyridine rings is 1. The quantitative estimate of drug-likeness (QED) is 0.556. The molecule has 0 unspecified atom stereocenters. The summed E-state index contributed by atoms with van der Waals surface area (Å²) >= 11 is 0. The van der Waals surface area contributed by atoms with Gasteiger partial charge >= 0.3 is 0 Å². The highest BCUT2D eigenvalue weighted by atomic mass is 16.5. The van der Waals surface area contributed by atoms with E-state index in [1.807, 2.05) is 60.8 Å². The Morgan fingerprint density at radius 1 is 0.913 bits per heavy atom. The molecule has 2 heterocycles. The number of hydrogen-bond donors (Lipinski definition) is 0. The molecule has 0 radical (unpaired) electrons. The van der Waals surface area contributed by atoms with E-state index in [1.54, 1.807) is 13.3 Å². The van der Waals surface area contributed by atoms with Gasteiger partial charge in [0, 0.05) is 23.5 Å². The lowest BCUT2D eigenvalue weighted by atomic mass is 10.1. The van der Waals surface area contributed by atoms with E-state index in [1.165, 1.54) is 0 Å².